The predicted molar refractivity (Wildman–Crippen MR) is 70.7 cm³/mol. The van der Waals surface area contributed by atoms with E-state index in [9.17, 15) is 4.39 Å². The molecule has 0 fully saturated rings. The van der Waals surface area contributed by atoms with Crippen molar-refractivity contribution in [2.45, 2.75) is 20.3 Å². The third kappa shape index (κ3) is 1.97. The van der Waals surface area contributed by atoms with Gasteiger partial charge in [-0.3, -0.25) is 4.57 Å². The molecule has 3 rings (SSSR count). The molecule has 0 unspecified atom stereocenters. The van der Waals surface area contributed by atoms with Crippen LogP contribution in [0.2, 0.25) is 0 Å². The minimum atomic E-state index is -0.201. The average molecular weight is 256 g/mol. The Hall–Kier alpha value is -2.30. The Balaban J connectivity index is 2.18. The molecule has 0 saturated heterocycles. The molecule has 0 aliphatic rings. The topological polar surface area (TPSA) is 43.6 Å². The van der Waals surface area contributed by atoms with Gasteiger partial charge in [-0.05, 0) is 31.0 Å². The SMILES string of the molecule is CCc1ccc(-n2cnc3cnc(C)nc32)cc1F. The van der Waals surface area contributed by atoms with Gasteiger partial charge in [-0.15, -0.1) is 0 Å². The van der Waals surface area contributed by atoms with E-state index < -0.39 is 0 Å². The van der Waals surface area contributed by atoms with Crippen molar-refractivity contribution >= 4 is 11.2 Å². The molecular weight excluding hydrogens is 243 g/mol. The molecule has 0 N–H and O–H groups in total. The molecular formula is C14H13FN4. The summed E-state index contributed by atoms with van der Waals surface area (Å²) in [4.78, 5) is 12.7. The van der Waals surface area contributed by atoms with Crippen LogP contribution in [-0.2, 0) is 6.42 Å². The van der Waals surface area contributed by atoms with Crippen molar-refractivity contribution in [1.29, 1.82) is 0 Å². The van der Waals surface area contributed by atoms with E-state index in [1.54, 1.807) is 23.2 Å². The molecule has 0 aliphatic heterocycles. The molecule has 3 aromatic rings. The molecule has 2 heterocycles. The van der Waals surface area contributed by atoms with Crippen LogP contribution in [0.1, 0.15) is 18.3 Å². The van der Waals surface area contributed by atoms with E-state index in [2.05, 4.69) is 15.0 Å². The van der Waals surface area contributed by atoms with Crippen LogP contribution in [-0.4, -0.2) is 19.5 Å². The molecule has 0 aliphatic carbocycles. The van der Waals surface area contributed by atoms with Gasteiger partial charge < -0.3 is 0 Å². The lowest BCUT2D eigenvalue weighted by Crippen LogP contribution is -1.98. The molecule has 96 valence electrons. The first kappa shape index (κ1) is 11.8. The minimum Gasteiger partial charge on any atom is -0.283 e. The fraction of sp³-hybridized carbons (Fsp3) is 0.214. The van der Waals surface area contributed by atoms with Crippen LogP contribution < -0.4 is 0 Å². The summed E-state index contributed by atoms with van der Waals surface area (Å²) >= 11 is 0. The lowest BCUT2D eigenvalue weighted by molar-refractivity contribution is 0.611. The van der Waals surface area contributed by atoms with E-state index in [0.717, 1.165) is 5.69 Å². The molecule has 0 spiro atoms. The summed E-state index contributed by atoms with van der Waals surface area (Å²) in [5.74, 6) is 0.465. The van der Waals surface area contributed by atoms with Gasteiger partial charge in [0.15, 0.2) is 5.65 Å². The highest BCUT2D eigenvalue weighted by Crippen LogP contribution is 2.18. The molecule has 19 heavy (non-hydrogen) atoms. The Kier molecular flexibility index (Phi) is 2.74. The molecule has 0 saturated carbocycles. The first-order chi connectivity index (χ1) is 9.19. The smallest absolute Gasteiger partial charge is 0.168 e. The molecule has 2 aromatic heterocycles. The number of aromatic nitrogens is 4. The van der Waals surface area contributed by atoms with Crippen LogP contribution in [0.4, 0.5) is 4.39 Å². The predicted octanol–water partition coefficient (Wildman–Crippen LogP) is 2.83. The van der Waals surface area contributed by atoms with Crippen LogP contribution in [0.25, 0.3) is 16.9 Å². The summed E-state index contributed by atoms with van der Waals surface area (Å²) in [6.45, 7) is 3.75. The second-order valence-electron chi connectivity index (χ2n) is 4.37. The first-order valence-corrected chi connectivity index (χ1v) is 6.14. The number of fused-ring (bicyclic) bond motifs is 1. The van der Waals surface area contributed by atoms with E-state index in [4.69, 9.17) is 0 Å². The van der Waals surface area contributed by atoms with Crippen molar-refractivity contribution in [2.75, 3.05) is 0 Å². The van der Waals surface area contributed by atoms with Crippen LogP contribution >= 0.6 is 0 Å². The summed E-state index contributed by atoms with van der Waals surface area (Å²) in [6, 6.07) is 5.18. The minimum absolute atomic E-state index is 0.201. The monoisotopic (exact) mass is 256 g/mol. The van der Waals surface area contributed by atoms with E-state index >= 15 is 0 Å². The van der Waals surface area contributed by atoms with E-state index in [1.807, 2.05) is 19.9 Å². The molecule has 5 heteroatoms. The zero-order chi connectivity index (χ0) is 13.4. The van der Waals surface area contributed by atoms with E-state index in [1.165, 1.54) is 6.07 Å². The van der Waals surface area contributed by atoms with Gasteiger partial charge in [0.25, 0.3) is 0 Å². The zero-order valence-electron chi connectivity index (χ0n) is 10.8. The summed E-state index contributed by atoms with van der Waals surface area (Å²) in [7, 11) is 0. The lowest BCUT2D eigenvalue weighted by Gasteiger charge is -2.06. The van der Waals surface area contributed by atoms with Gasteiger partial charge in [0, 0.05) is 0 Å². The van der Waals surface area contributed by atoms with Gasteiger partial charge in [0.05, 0.1) is 11.9 Å². The lowest BCUT2D eigenvalue weighted by atomic mass is 10.1. The van der Waals surface area contributed by atoms with Crippen molar-refractivity contribution in [3.05, 3.63) is 47.9 Å². The highest BCUT2D eigenvalue weighted by Gasteiger charge is 2.09. The molecule has 4 nitrogen and oxygen atoms in total. The maximum Gasteiger partial charge on any atom is 0.168 e. The van der Waals surface area contributed by atoms with Gasteiger partial charge in [0.1, 0.15) is 23.5 Å². The Labute approximate surface area is 110 Å². The second kappa shape index (κ2) is 4.42. The Morgan fingerprint density at radius 2 is 2.11 bits per heavy atom. The molecule has 0 bridgehead atoms. The van der Waals surface area contributed by atoms with Crippen LogP contribution in [0, 0.1) is 12.7 Å². The Morgan fingerprint density at radius 1 is 1.26 bits per heavy atom. The quantitative estimate of drug-likeness (QED) is 0.708. The van der Waals surface area contributed by atoms with E-state index in [0.29, 0.717) is 29.0 Å². The highest BCUT2D eigenvalue weighted by molar-refractivity contribution is 5.71. The van der Waals surface area contributed by atoms with Gasteiger partial charge in [-0.25, -0.2) is 19.3 Å². The maximum atomic E-state index is 13.9. The Bertz CT molecular complexity index is 748. The number of rotatable bonds is 2. The van der Waals surface area contributed by atoms with Gasteiger partial charge in [0.2, 0.25) is 0 Å². The zero-order valence-corrected chi connectivity index (χ0v) is 10.8. The summed E-state index contributed by atoms with van der Waals surface area (Å²) in [5.41, 5.74) is 2.82. The second-order valence-corrected chi connectivity index (χ2v) is 4.37. The average Bonchev–Trinajstić information content (AvgIpc) is 2.81. The fourth-order valence-corrected chi connectivity index (χ4v) is 2.06. The summed E-state index contributed by atoms with van der Waals surface area (Å²) < 4.78 is 15.6. The largest absolute Gasteiger partial charge is 0.283 e. The third-order valence-corrected chi connectivity index (χ3v) is 3.11. The van der Waals surface area contributed by atoms with Crippen LogP contribution in [0.3, 0.4) is 0 Å². The standard InChI is InChI=1S/C14H13FN4/c1-3-10-4-5-11(6-12(10)15)19-8-17-13-7-16-9(2)18-14(13)19/h4-8H,3H2,1-2H3. The van der Waals surface area contributed by atoms with Crippen molar-refractivity contribution in [3.8, 4) is 5.69 Å². The number of benzene rings is 1. The third-order valence-electron chi connectivity index (χ3n) is 3.11. The molecule has 0 amide bonds. The van der Waals surface area contributed by atoms with Crippen molar-refractivity contribution in [1.82, 2.24) is 19.5 Å². The van der Waals surface area contributed by atoms with Crippen molar-refractivity contribution in [2.24, 2.45) is 0 Å². The number of hydrogen-bond acceptors (Lipinski definition) is 3. The first-order valence-electron chi connectivity index (χ1n) is 6.14. The van der Waals surface area contributed by atoms with Gasteiger partial charge >= 0.3 is 0 Å². The van der Waals surface area contributed by atoms with Crippen LogP contribution in [0.15, 0.2) is 30.7 Å². The van der Waals surface area contributed by atoms with Crippen molar-refractivity contribution < 1.29 is 4.39 Å². The molecule has 0 radical (unpaired) electrons. The summed E-state index contributed by atoms with van der Waals surface area (Å²) in [6.07, 6.45) is 3.99. The van der Waals surface area contributed by atoms with Gasteiger partial charge in [-0.1, -0.05) is 13.0 Å². The normalized spacial score (nSPS) is 11.1. The number of nitrogens with zero attached hydrogens (tertiary/aromatic N) is 4. The van der Waals surface area contributed by atoms with Crippen molar-refractivity contribution in [3.63, 3.8) is 0 Å². The molecule has 0 atom stereocenters. The van der Waals surface area contributed by atoms with Crippen LogP contribution in [0.5, 0.6) is 0 Å². The van der Waals surface area contributed by atoms with Gasteiger partial charge in [-0.2, -0.15) is 0 Å². The maximum absolute atomic E-state index is 13.9. The number of aryl methyl sites for hydroxylation is 2. The summed E-state index contributed by atoms with van der Waals surface area (Å²) in [5, 5.41) is 0. The fourth-order valence-electron chi connectivity index (χ4n) is 2.06. The number of imidazole rings is 1. The number of halogens is 1. The Morgan fingerprint density at radius 3 is 2.84 bits per heavy atom. The molecule has 1 aromatic carbocycles. The number of hydrogen-bond donors (Lipinski definition) is 0. The highest BCUT2D eigenvalue weighted by atomic mass is 19.1. The van der Waals surface area contributed by atoms with E-state index in [-0.39, 0.29) is 5.82 Å².